The van der Waals surface area contributed by atoms with Crippen molar-refractivity contribution < 1.29 is 4.74 Å². The molecule has 2 nitrogen and oxygen atoms in total. The molecule has 0 unspecified atom stereocenters. The van der Waals surface area contributed by atoms with Crippen molar-refractivity contribution in [2.75, 3.05) is 6.61 Å². The monoisotopic (exact) mass is 325 g/mol. The molecule has 0 bridgehead atoms. The van der Waals surface area contributed by atoms with Gasteiger partial charge in [0.1, 0.15) is 5.75 Å². The Kier molecular flexibility index (Phi) is 4.91. The average molecular weight is 326 g/mol. The summed E-state index contributed by atoms with van der Waals surface area (Å²) in [5.74, 6) is 1.74. The third-order valence-corrected chi connectivity index (χ3v) is 4.14. The normalized spacial score (nSPS) is 16.2. The molecule has 3 heteroatoms. The summed E-state index contributed by atoms with van der Waals surface area (Å²) in [5.41, 5.74) is 1.42. The summed E-state index contributed by atoms with van der Waals surface area (Å²) in [5, 5.41) is 3.49. The quantitative estimate of drug-likeness (QED) is 0.859. The molecule has 1 aromatic rings. The van der Waals surface area contributed by atoms with E-state index in [2.05, 4.69) is 60.2 Å². The Morgan fingerprint density at radius 3 is 2.58 bits per heavy atom. The van der Waals surface area contributed by atoms with Crippen molar-refractivity contribution in [2.45, 2.75) is 52.1 Å². The summed E-state index contributed by atoms with van der Waals surface area (Å²) >= 11 is 3.60. The standard InChI is InChI=1S/C16H24BrNO/c1-16(2,3)18-10-13-7-8-15(14(17)9-13)19-11-12-5-4-6-12/h7-9,12,18H,4-6,10-11H2,1-3H3. The lowest BCUT2D eigenvalue weighted by atomic mass is 9.86. The molecule has 0 saturated heterocycles. The van der Waals surface area contributed by atoms with E-state index in [0.717, 1.165) is 29.3 Å². The molecule has 0 aromatic heterocycles. The Bertz CT molecular complexity index is 421. The third kappa shape index (κ3) is 4.81. The van der Waals surface area contributed by atoms with E-state index in [0.29, 0.717) is 0 Å². The molecule has 1 saturated carbocycles. The maximum atomic E-state index is 5.87. The van der Waals surface area contributed by atoms with E-state index >= 15 is 0 Å². The van der Waals surface area contributed by atoms with Crippen LogP contribution in [-0.4, -0.2) is 12.1 Å². The minimum Gasteiger partial charge on any atom is -0.492 e. The molecule has 2 rings (SSSR count). The van der Waals surface area contributed by atoms with E-state index in [1.54, 1.807) is 0 Å². The fraction of sp³-hybridized carbons (Fsp3) is 0.625. The minimum absolute atomic E-state index is 0.145. The zero-order valence-electron chi connectivity index (χ0n) is 12.1. The van der Waals surface area contributed by atoms with Crippen molar-refractivity contribution >= 4 is 15.9 Å². The third-order valence-electron chi connectivity index (χ3n) is 3.52. The minimum atomic E-state index is 0.145. The molecule has 0 amide bonds. The van der Waals surface area contributed by atoms with Crippen LogP contribution in [0.1, 0.15) is 45.6 Å². The second-order valence-corrected chi connectivity index (χ2v) is 7.33. The van der Waals surface area contributed by atoms with Gasteiger partial charge in [-0.1, -0.05) is 12.5 Å². The van der Waals surface area contributed by atoms with Crippen LogP contribution in [0.15, 0.2) is 22.7 Å². The van der Waals surface area contributed by atoms with Crippen LogP contribution in [0.2, 0.25) is 0 Å². The number of rotatable bonds is 5. The highest BCUT2D eigenvalue weighted by atomic mass is 79.9. The maximum absolute atomic E-state index is 5.87. The summed E-state index contributed by atoms with van der Waals surface area (Å²) in [4.78, 5) is 0. The Hall–Kier alpha value is -0.540. The molecule has 1 aliphatic rings. The average Bonchev–Trinajstić information content (AvgIpc) is 2.26. The smallest absolute Gasteiger partial charge is 0.133 e. The van der Waals surface area contributed by atoms with Crippen LogP contribution < -0.4 is 10.1 Å². The fourth-order valence-electron chi connectivity index (χ4n) is 2.01. The first kappa shape index (κ1) is 14.9. The molecule has 106 valence electrons. The van der Waals surface area contributed by atoms with Gasteiger partial charge in [-0.3, -0.25) is 0 Å². The van der Waals surface area contributed by atoms with E-state index in [4.69, 9.17) is 4.74 Å². The highest BCUT2D eigenvalue weighted by molar-refractivity contribution is 9.10. The number of hydrogen-bond donors (Lipinski definition) is 1. The van der Waals surface area contributed by atoms with Crippen molar-refractivity contribution in [1.29, 1.82) is 0 Å². The molecule has 1 aromatic carbocycles. The van der Waals surface area contributed by atoms with Crippen LogP contribution in [0.5, 0.6) is 5.75 Å². The van der Waals surface area contributed by atoms with Crippen LogP contribution in [0.3, 0.4) is 0 Å². The van der Waals surface area contributed by atoms with E-state index in [-0.39, 0.29) is 5.54 Å². The summed E-state index contributed by atoms with van der Waals surface area (Å²) in [6, 6.07) is 6.36. The van der Waals surface area contributed by atoms with Gasteiger partial charge in [-0.2, -0.15) is 0 Å². The van der Waals surface area contributed by atoms with Gasteiger partial charge in [0.25, 0.3) is 0 Å². The Labute approximate surface area is 125 Å². The first-order valence-corrected chi connectivity index (χ1v) is 7.89. The number of halogens is 1. The van der Waals surface area contributed by atoms with Crippen LogP contribution in [0.4, 0.5) is 0 Å². The molecular weight excluding hydrogens is 302 g/mol. The van der Waals surface area contributed by atoms with Gasteiger partial charge in [0, 0.05) is 12.1 Å². The largest absolute Gasteiger partial charge is 0.492 e. The lowest BCUT2D eigenvalue weighted by Gasteiger charge is -2.25. The topological polar surface area (TPSA) is 21.3 Å². The van der Waals surface area contributed by atoms with Crippen LogP contribution >= 0.6 is 15.9 Å². The van der Waals surface area contributed by atoms with Crippen LogP contribution in [0, 0.1) is 5.92 Å². The molecule has 1 fully saturated rings. The van der Waals surface area contributed by atoms with E-state index < -0.39 is 0 Å². The number of nitrogens with one attached hydrogen (secondary N) is 1. The van der Waals surface area contributed by atoms with E-state index in [1.165, 1.54) is 24.8 Å². The molecule has 0 atom stereocenters. The molecule has 0 spiro atoms. The number of ether oxygens (including phenoxy) is 1. The number of hydrogen-bond acceptors (Lipinski definition) is 2. The summed E-state index contributed by atoms with van der Waals surface area (Å²) in [6.07, 6.45) is 4.02. The van der Waals surface area contributed by atoms with Gasteiger partial charge < -0.3 is 10.1 Å². The van der Waals surface area contributed by atoms with Gasteiger partial charge in [0.2, 0.25) is 0 Å². The molecule has 0 aliphatic heterocycles. The second-order valence-electron chi connectivity index (χ2n) is 6.48. The van der Waals surface area contributed by atoms with E-state index in [9.17, 15) is 0 Å². The Balaban J connectivity index is 1.88. The molecule has 1 N–H and O–H groups in total. The van der Waals surface area contributed by atoms with Crippen molar-refractivity contribution in [1.82, 2.24) is 5.32 Å². The lowest BCUT2D eigenvalue weighted by Crippen LogP contribution is -2.35. The van der Waals surface area contributed by atoms with Crippen molar-refractivity contribution in [3.63, 3.8) is 0 Å². The highest BCUT2D eigenvalue weighted by Gasteiger charge is 2.18. The van der Waals surface area contributed by atoms with Gasteiger partial charge >= 0.3 is 0 Å². The van der Waals surface area contributed by atoms with Crippen molar-refractivity contribution in [2.24, 2.45) is 5.92 Å². The van der Waals surface area contributed by atoms with Gasteiger partial charge in [-0.05, 0) is 73.2 Å². The summed E-state index contributed by atoms with van der Waals surface area (Å²) in [6.45, 7) is 8.28. The molecule has 0 heterocycles. The van der Waals surface area contributed by atoms with Crippen LogP contribution in [-0.2, 0) is 6.54 Å². The Morgan fingerprint density at radius 2 is 2.05 bits per heavy atom. The molecule has 0 radical (unpaired) electrons. The molecule has 1 aliphatic carbocycles. The predicted octanol–water partition coefficient (Wildman–Crippen LogP) is 4.52. The first-order chi connectivity index (χ1) is 8.94. The summed E-state index contributed by atoms with van der Waals surface area (Å²) in [7, 11) is 0. The number of benzene rings is 1. The highest BCUT2D eigenvalue weighted by Crippen LogP contribution is 2.30. The zero-order valence-corrected chi connectivity index (χ0v) is 13.7. The van der Waals surface area contributed by atoms with Crippen molar-refractivity contribution in [3.05, 3.63) is 28.2 Å². The zero-order chi connectivity index (χ0) is 13.9. The second kappa shape index (κ2) is 6.27. The fourth-order valence-corrected chi connectivity index (χ4v) is 2.55. The molecule has 19 heavy (non-hydrogen) atoms. The van der Waals surface area contributed by atoms with Gasteiger partial charge in [-0.15, -0.1) is 0 Å². The Morgan fingerprint density at radius 1 is 1.32 bits per heavy atom. The van der Waals surface area contributed by atoms with Gasteiger partial charge in [0.05, 0.1) is 11.1 Å². The SMILES string of the molecule is CC(C)(C)NCc1ccc(OCC2CCC2)c(Br)c1. The maximum Gasteiger partial charge on any atom is 0.133 e. The van der Waals surface area contributed by atoms with E-state index in [1.807, 2.05) is 0 Å². The van der Waals surface area contributed by atoms with Crippen molar-refractivity contribution in [3.8, 4) is 5.75 Å². The van der Waals surface area contributed by atoms with Gasteiger partial charge in [-0.25, -0.2) is 0 Å². The summed E-state index contributed by atoms with van der Waals surface area (Å²) < 4.78 is 6.93. The van der Waals surface area contributed by atoms with Crippen LogP contribution in [0.25, 0.3) is 0 Å². The van der Waals surface area contributed by atoms with Gasteiger partial charge in [0.15, 0.2) is 0 Å². The lowest BCUT2D eigenvalue weighted by molar-refractivity contribution is 0.180. The molecular formula is C16H24BrNO. The predicted molar refractivity (Wildman–Crippen MR) is 83.6 cm³/mol. The first-order valence-electron chi connectivity index (χ1n) is 7.10.